The summed E-state index contributed by atoms with van der Waals surface area (Å²) in [7, 11) is 1.83. The third kappa shape index (κ3) is 6.44. The molecule has 5 heterocycles. The number of nitrogens with one attached hydrogen (secondary N) is 2. The number of amides is 2. The van der Waals surface area contributed by atoms with Crippen LogP contribution in [0.5, 0.6) is 0 Å². The maximum atomic E-state index is 13.5. The predicted octanol–water partition coefficient (Wildman–Crippen LogP) is 2.48. The molecule has 4 N–H and O–H groups in total. The smallest absolute Gasteiger partial charge is 0.237 e. The number of carbonyl (C=O) groups excluding carboxylic acids is 2. The van der Waals surface area contributed by atoms with E-state index < -0.39 is 0 Å². The number of nitrogens with zero attached hydrogens (tertiary/aromatic N) is 8. The average Bonchev–Trinajstić information content (AvgIpc) is 3.79. The predicted molar refractivity (Wildman–Crippen MR) is 167 cm³/mol. The van der Waals surface area contributed by atoms with Crippen molar-refractivity contribution >= 4 is 52.2 Å². The lowest BCUT2D eigenvalue weighted by Gasteiger charge is -2.28. The lowest BCUT2D eigenvalue weighted by atomic mass is 10.1. The second kappa shape index (κ2) is 12.8. The first-order valence-electron chi connectivity index (χ1n) is 14.1. The number of hydrogen-bond acceptors (Lipinski definition) is 11. The minimum absolute atomic E-state index is 0.0445. The third-order valence-electron chi connectivity index (χ3n) is 7.65. The van der Waals surface area contributed by atoms with Crippen molar-refractivity contribution < 1.29 is 9.59 Å². The third-order valence-corrected chi connectivity index (χ3v) is 8.71. The molecule has 5 rings (SSSR count). The molecule has 3 aromatic heterocycles. The summed E-state index contributed by atoms with van der Waals surface area (Å²) in [6.45, 7) is 8.50. The molecule has 13 nitrogen and oxygen atoms in total. The van der Waals surface area contributed by atoms with Gasteiger partial charge in [0.25, 0.3) is 0 Å². The van der Waals surface area contributed by atoms with Crippen LogP contribution in [0.15, 0.2) is 42.9 Å². The second-order valence-corrected chi connectivity index (χ2v) is 11.6. The number of anilines is 2. The Morgan fingerprint density at radius 3 is 2.77 bits per heavy atom. The van der Waals surface area contributed by atoms with E-state index >= 15 is 0 Å². The number of aromatic nitrogens is 5. The standard InChI is InChI=1S/C29H35N11O2S/c1-4-40(23-6-5-21(31)26(35-23)25(32)18(2)13-30)29(42)20-7-10-38(15-20)16-24(41)39-11-8-19(9-12-39)28-33-14-22(43-28)27-34-17-37(3)36-27/h5-6,8,13-14,17,20,30,32H,2,4,7,9-12,15-16,31H2,1,3H3/t20-/m1/s1. The van der Waals surface area contributed by atoms with Crippen molar-refractivity contribution in [2.75, 3.05) is 49.9 Å². The summed E-state index contributed by atoms with van der Waals surface area (Å²) >= 11 is 1.55. The van der Waals surface area contributed by atoms with Crippen molar-refractivity contribution in [2.45, 2.75) is 19.8 Å². The molecule has 0 bridgehead atoms. The molecule has 43 heavy (non-hydrogen) atoms. The van der Waals surface area contributed by atoms with Gasteiger partial charge in [-0.25, -0.2) is 15.0 Å². The van der Waals surface area contributed by atoms with E-state index in [-0.39, 0.29) is 46.9 Å². The van der Waals surface area contributed by atoms with Crippen LogP contribution < -0.4 is 10.6 Å². The Kier molecular flexibility index (Phi) is 8.87. The molecule has 0 spiro atoms. The molecule has 0 saturated carbocycles. The maximum absolute atomic E-state index is 13.5. The van der Waals surface area contributed by atoms with Crippen molar-refractivity contribution in [2.24, 2.45) is 13.0 Å². The highest BCUT2D eigenvalue weighted by Crippen LogP contribution is 2.31. The molecule has 2 amide bonds. The van der Waals surface area contributed by atoms with Crippen molar-refractivity contribution in [3.8, 4) is 10.7 Å². The monoisotopic (exact) mass is 601 g/mol. The van der Waals surface area contributed by atoms with Crippen LogP contribution in [0.1, 0.15) is 30.5 Å². The maximum Gasteiger partial charge on any atom is 0.237 e. The van der Waals surface area contributed by atoms with Crippen LogP contribution in [-0.4, -0.2) is 97.5 Å². The summed E-state index contributed by atoms with van der Waals surface area (Å²) in [5.74, 6) is 0.750. The van der Waals surface area contributed by atoms with Gasteiger partial charge in [-0.05, 0) is 44.0 Å². The highest BCUT2D eigenvalue weighted by molar-refractivity contribution is 7.16. The summed E-state index contributed by atoms with van der Waals surface area (Å²) in [5, 5.41) is 20.9. The van der Waals surface area contributed by atoms with Crippen LogP contribution in [-0.2, 0) is 16.6 Å². The van der Waals surface area contributed by atoms with Crippen LogP contribution in [0.3, 0.4) is 0 Å². The Balaban J connectivity index is 1.16. The summed E-state index contributed by atoms with van der Waals surface area (Å²) in [6, 6.07) is 3.28. The van der Waals surface area contributed by atoms with Gasteiger partial charge < -0.3 is 16.0 Å². The Labute approximate surface area is 253 Å². The first-order valence-corrected chi connectivity index (χ1v) is 14.9. The number of nitrogen functional groups attached to an aromatic ring is 1. The lowest BCUT2D eigenvalue weighted by molar-refractivity contribution is -0.132. The van der Waals surface area contributed by atoms with Crippen LogP contribution >= 0.6 is 11.3 Å². The molecule has 14 heteroatoms. The van der Waals surface area contributed by atoms with Crippen molar-refractivity contribution in [1.82, 2.24) is 34.5 Å². The van der Waals surface area contributed by atoms with E-state index in [9.17, 15) is 9.59 Å². The van der Waals surface area contributed by atoms with Gasteiger partial charge in [-0.1, -0.05) is 12.7 Å². The largest absolute Gasteiger partial charge is 0.397 e. The molecule has 2 aliphatic heterocycles. The van der Waals surface area contributed by atoms with Gasteiger partial charge in [0.2, 0.25) is 11.8 Å². The van der Waals surface area contributed by atoms with E-state index in [1.165, 1.54) is 0 Å². The highest BCUT2D eigenvalue weighted by atomic mass is 32.1. The molecule has 1 atom stereocenters. The molecule has 1 saturated heterocycles. The summed E-state index contributed by atoms with van der Waals surface area (Å²) in [6.07, 6.45) is 7.87. The van der Waals surface area contributed by atoms with Crippen LogP contribution in [0.25, 0.3) is 16.3 Å². The van der Waals surface area contributed by atoms with Crippen molar-refractivity contribution in [3.05, 3.63) is 53.6 Å². The zero-order chi connectivity index (χ0) is 30.7. The van der Waals surface area contributed by atoms with E-state index in [4.69, 9.17) is 16.6 Å². The van der Waals surface area contributed by atoms with E-state index in [1.54, 1.807) is 45.6 Å². The molecule has 0 aromatic carbocycles. The van der Waals surface area contributed by atoms with E-state index in [2.05, 4.69) is 32.7 Å². The fraction of sp³-hybridized carbons (Fsp3) is 0.379. The van der Waals surface area contributed by atoms with E-state index in [0.29, 0.717) is 50.8 Å². The Morgan fingerprint density at radius 2 is 2.09 bits per heavy atom. The van der Waals surface area contributed by atoms with Crippen LogP contribution in [0.2, 0.25) is 0 Å². The first kappa shape index (κ1) is 29.9. The Bertz CT molecular complexity index is 1610. The zero-order valence-electron chi connectivity index (χ0n) is 24.3. The fourth-order valence-electron chi connectivity index (χ4n) is 5.22. The average molecular weight is 602 g/mol. The number of nitrogens with two attached hydrogens (primary N) is 1. The van der Waals surface area contributed by atoms with Gasteiger partial charge >= 0.3 is 0 Å². The fourth-order valence-corrected chi connectivity index (χ4v) is 6.14. The highest BCUT2D eigenvalue weighted by Gasteiger charge is 2.34. The molecule has 2 aliphatic rings. The lowest BCUT2D eigenvalue weighted by Crippen LogP contribution is -2.42. The number of carbonyl (C=O) groups is 2. The quantitative estimate of drug-likeness (QED) is 0.297. The SMILES string of the molecule is C=C(C=N)C(=N)c1nc(N(CC)C(=O)[C@@H]2CCN(CC(=O)N3CC=C(c4ncc(-c5ncn(C)n5)s4)CC3)C2)ccc1N. The number of hydrogen-bond donors (Lipinski definition) is 3. The van der Waals surface area contributed by atoms with E-state index in [1.807, 2.05) is 23.8 Å². The Hall–Kier alpha value is -4.56. The minimum Gasteiger partial charge on any atom is -0.397 e. The first-order chi connectivity index (χ1) is 20.7. The normalized spacial score (nSPS) is 17.0. The molecular weight excluding hydrogens is 566 g/mol. The number of likely N-dealkylation sites (tertiary alicyclic amines) is 1. The number of pyridine rings is 1. The molecular formula is C29H35N11O2S. The summed E-state index contributed by atoms with van der Waals surface area (Å²) < 4.78 is 1.66. The van der Waals surface area contributed by atoms with Gasteiger partial charge in [0.05, 0.1) is 28.7 Å². The van der Waals surface area contributed by atoms with Gasteiger partial charge in [-0.15, -0.1) is 11.3 Å². The zero-order valence-corrected chi connectivity index (χ0v) is 25.1. The molecule has 0 radical (unpaired) electrons. The van der Waals surface area contributed by atoms with Gasteiger partial charge in [0, 0.05) is 51.2 Å². The summed E-state index contributed by atoms with van der Waals surface area (Å²) in [5.41, 5.74) is 7.75. The van der Waals surface area contributed by atoms with Crippen LogP contribution in [0, 0.1) is 16.7 Å². The second-order valence-electron chi connectivity index (χ2n) is 10.5. The van der Waals surface area contributed by atoms with Gasteiger partial charge in [0.15, 0.2) is 5.82 Å². The van der Waals surface area contributed by atoms with Crippen molar-refractivity contribution in [3.63, 3.8) is 0 Å². The van der Waals surface area contributed by atoms with Gasteiger partial charge in [-0.2, -0.15) is 5.10 Å². The molecule has 1 fully saturated rings. The van der Waals surface area contributed by atoms with Crippen molar-refractivity contribution in [1.29, 1.82) is 10.8 Å². The van der Waals surface area contributed by atoms with Crippen LogP contribution in [0.4, 0.5) is 11.5 Å². The number of allylic oxidation sites excluding steroid dienone is 1. The molecule has 224 valence electrons. The summed E-state index contributed by atoms with van der Waals surface area (Å²) in [4.78, 5) is 46.4. The van der Waals surface area contributed by atoms with Gasteiger partial charge in [-0.3, -0.25) is 29.5 Å². The molecule has 0 unspecified atom stereocenters. The number of thiazole rings is 1. The number of aryl methyl sites for hydroxylation is 1. The van der Waals surface area contributed by atoms with E-state index in [0.717, 1.165) is 28.1 Å². The molecule has 3 aromatic rings. The van der Waals surface area contributed by atoms with Gasteiger partial charge in [0.1, 0.15) is 22.8 Å². The molecule has 0 aliphatic carbocycles. The minimum atomic E-state index is -0.271. The topological polar surface area (TPSA) is 174 Å². The number of rotatable bonds is 10. The Morgan fingerprint density at radius 1 is 1.28 bits per heavy atom.